The lowest BCUT2D eigenvalue weighted by Gasteiger charge is -2.53. The standard InChI is InChI=1S/C10H21NO2/c1-8(2)6-10(5,12)7-9(3,4)11(8)13/h12-13H,6-7H2,1-5H3. The molecule has 2 N–H and O–H groups in total. The number of hydroxylamine groups is 2. The largest absolute Gasteiger partial charge is 0.390 e. The van der Waals surface area contributed by atoms with Crippen LogP contribution in [0.4, 0.5) is 0 Å². The third kappa shape index (κ3) is 2.03. The SMILES string of the molecule is CC1(O)CC(C)(C)N(O)C(C)(C)C1. The summed E-state index contributed by atoms with van der Waals surface area (Å²) in [6, 6.07) is 0. The van der Waals surface area contributed by atoms with Gasteiger partial charge in [0.1, 0.15) is 0 Å². The van der Waals surface area contributed by atoms with Gasteiger partial charge in [0.15, 0.2) is 0 Å². The zero-order chi connectivity index (χ0) is 10.5. The van der Waals surface area contributed by atoms with Crippen LogP contribution in [0.5, 0.6) is 0 Å². The van der Waals surface area contributed by atoms with Gasteiger partial charge >= 0.3 is 0 Å². The summed E-state index contributed by atoms with van der Waals surface area (Å²) in [7, 11) is 0. The average molecular weight is 187 g/mol. The minimum Gasteiger partial charge on any atom is -0.390 e. The minimum absolute atomic E-state index is 0.356. The molecule has 0 bridgehead atoms. The molecule has 1 fully saturated rings. The number of aliphatic hydroxyl groups is 1. The van der Waals surface area contributed by atoms with Gasteiger partial charge in [0.2, 0.25) is 0 Å². The Bertz CT molecular complexity index is 189. The number of hydrogen-bond donors (Lipinski definition) is 2. The van der Waals surface area contributed by atoms with E-state index < -0.39 is 5.60 Å². The second-order valence-electron chi connectivity index (χ2n) is 5.79. The average Bonchev–Trinajstić information content (AvgIpc) is 1.77. The Hall–Kier alpha value is -0.120. The summed E-state index contributed by atoms with van der Waals surface area (Å²) < 4.78 is 0. The molecule has 0 aromatic carbocycles. The van der Waals surface area contributed by atoms with Gasteiger partial charge in [-0.15, -0.1) is 0 Å². The van der Waals surface area contributed by atoms with Crippen LogP contribution in [0.2, 0.25) is 0 Å². The van der Waals surface area contributed by atoms with Crippen molar-refractivity contribution >= 4 is 0 Å². The molecule has 0 unspecified atom stereocenters. The van der Waals surface area contributed by atoms with E-state index in [9.17, 15) is 10.3 Å². The van der Waals surface area contributed by atoms with Gasteiger partial charge in [-0.1, -0.05) is 0 Å². The quantitative estimate of drug-likeness (QED) is 0.607. The van der Waals surface area contributed by atoms with Gasteiger partial charge in [0.25, 0.3) is 0 Å². The Morgan fingerprint density at radius 1 is 0.923 bits per heavy atom. The maximum Gasteiger partial charge on any atom is 0.0656 e. The second kappa shape index (κ2) is 2.69. The predicted molar refractivity (Wildman–Crippen MR) is 51.6 cm³/mol. The molecule has 1 aliphatic heterocycles. The van der Waals surface area contributed by atoms with E-state index in [4.69, 9.17) is 0 Å². The fraction of sp³-hybridized carbons (Fsp3) is 1.00. The van der Waals surface area contributed by atoms with Gasteiger partial charge in [0.05, 0.1) is 5.60 Å². The van der Waals surface area contributed by atoms with E-state index in [1.807, 2.05) is 34.6 Å². The molecule has 0 aliphatic carbocycles. The maximum absolute atomic E-state index is 10.0. The summed E-state index contributed by atoms with van der Waals surface area (Å²) in [5.41, 5.74) is -1.39. The van der Waals surface area contributed by atoms with Crippen LogP contribution in [0.1, 0.15) is 47.5 Å². The molecule has 0 amide bonds. The van der Waals surface area contributed by atoms with Crippen LogP contribution in [-0.2, 0) is 0 Å². The summed E-state index contributed by atoms with van der Waals surface area (Å²) in [4.78, 5) is 0. The molecule has 1 saturated heterocycles. The molecule has 1 rings (SSSR count). The third-order valence-electron chi connectivity index (χ3n) is 2.77. The summed E-state index contributed by atoms with van der Waals surface area (Å²) >= 11 is 0. The number of hydrogen-bond acceptors (Lipinski definition) is 3. The van der Waals surface area contributed by atoms with E-state index in [1.165, 1.54) is 5.06 Å². The van der Waals surface area contributed by atoms with E-state index in [2.05, 4.69) is 0 Å². The van der Waals surface area contributed by atoms with Crippen molar-refractivity contribution in [2.24, 2.45) is 0 Å². The number of piperidine rings is 1. The smallest absolute Gasteiger partial charge is 0.0656 e. The van der Waals surface area contributed by atoms with Crippen molar-refractivity contribution in [3.05, 3.63) is 0 Å². The van der Waals surface area contributed by atoms with Crippen LogP contribution < -0.4 is 0 Å². The molecular formula is C10H21NO2. The van der Waals surface area contributed by atoms with Crippen LogP contribution in [-0.4, -0.2) is 32.1 Å². The van der Waals surface area contributed by atoms with E-state index in [-0.39, 0.29) is 11.1 Å². The Morgan fingerprint density at radius 2 is 1.23 bits per heavy atom. The minimum atomic E-state index is -0.674. The fourth-order valence-corrected chi connectivity index (χ4v) is 2.90. The molecule has 0 spiro atoms. The fourth-order valence-electron chi connectivity index (χ4n) is 2.90. The van der Waals surface area contributed by atoms with Crippen molar-refractivity contribution in [3.63, 3.8) is 0 Å². The summed E-state index contributed by atoms with van der Waals surface area (Å²) in [5.74, 6) is 0. The van der Waals surface area contributed by atoms with Gasteiger partial charge in [-0.25, -0.2) is 0 Å². The Balaban J connectivity index is 2.96. The molecule has 78 valence electrons. The van der Waals surface area contributed by atoms with Gasteiger partial charge in [-0.05, 0) is 47.5 Å². The van der Waals surface area contributed by atoms with Crippen LogP contribution in [0.15, 0.2) is 0 Å². The summed E-state index contributed by atoms with van der Waals surface area (Å²) in [6.07, 6.45) is 1.19. The second-order valence-corrected chi connectivity index (χ2v) is 5.79. The Labute approximate surface area is 80.3 Å². The molecule has 1 heterocycles. The van der Waals surface area contributed by atoms with E-state index in [0.29, 0.717) is 12.8 Å². The van der Waals surface area contributed by atoms with Crippen molar-refractivity contribution < 1.29 is 10.3 Å². The van der Waals surface area contributed by atoms with E-state index in [0.717, 1.165) is 0 Å². The van der Waals surface area contributed by atoms with Gasteiger partial charge in [-0.2, -0.15) is 5.06 Å². The highest BCUT2D eigenvalue weighted by Crippen LogP contribution is 2.41. The monoisotopic (exact) mass is 187 g/mol. The molecule has 0 atom stereocenters. The molecule has 13 heavy (non-hydrogen) atoms. The zero-order valence-electron chi connectivity index (χ0n) is 9.26. The van der Waals surface area contributed by atoms with Crippen molar-refractivity contribution in [2.75, 3.05) is 0 Å². The summed E-state index contributed by atoms with van der Waals surface area (Å²) in [5, 5.41) is 21.3. The zero-order valence-corrected chi connectivity index (χ0v) is 9.26. The third-order valence-corrected chi connectivity index (χ3v) is 2.77. The van der Waals surface area contributed by atoms with E-state index >= 15 is 0 Å². The first-order valence-electron chi connectivity index (χ1n) is 4.79. The molecule has 1 aliphatic rings. The van der Waals surface area contributed by atoms with Crippen molar-refractivity contribution in [2.45, 2.75) is 64.1 Å². The molecule has 0 radical (unpaired) electrons. The van der Waals surface area contributed by atoms with Crippen LogP contribution in [0, 0.1) is 0 Å². The van der Waals surface area contributed by atoms with Gasteiger partial charge < -0.3 is 10.3 Å². The molecular weight excluding hydrogens is 166 g/mol. The number of nitrogens with zero attached hydrogens (tertiary/aromatic N) is 1. The van der Waals surface area contributed by atoms with Gasteiger partial charge in [0, 0.05) is 11.1 Å². The van der Waals surface area contributed by atoms with Crippen molar-refractivity contribution in [3.8, 4) is 0 Å². The first-order chi connectivity index (χ1) is 5.57. The van der Waals surface area contributed by atoms with Crippen LogP contribution >= 0.6 is 0 Å². The highest BCUT2D eigenvalue weighted by Gasteiger charge is 2.49. The first kappa shape index (κ1) is 11.0. The Morgan fingerprint density at radius 3 is 1.54 bits per heavy atom. The van der Waals surface area contributed by atoms with Crippen molar-refractivity contribution in [1.82, 2.24) is 5.06 Å². The molecule has 3 heteroatoms. The number of rotatable bonds is 0. The van der Waals surface area contributed by atoms with Crippen LogP contribution in [0.3, 0.4) is 0 Å². The summed E-state index contributed by atoms with van der Waals surface area (Å²) in [6.45, 7) is 9.62. The van der Waals surface area contributed by atoms with E-state index in [1.54, 1.807) is 0 Å². The molecule has 0 aromatic rings. The molecule has 0 saturated carbocycles. The normalized spacial score (nSPS) is 31.6. The highest BCUT2D eigenvalue weighted by atomic mass is 16.5. The van der Waals surface area contributed by atoms with Crippen molar-refractivity contribution in [1.29, 1.82) is 0 Å². The molecule has 0 aromatic heterocycles. The van der Waals surface area contributed by atoms with Gasteiger partial charge in [-0.3, -0.25) is 0 Å². The maximum atomic E-state index is 10.0. The lowest BCUT2D eigenvalue weighted by Crippen LogP contribution is -2.63. The lowest BCUT2D eigenvalue weighted by molar-refractivity contribution is -0.272. The topological polar surface area (TPSA) is 43.7 Å². The highest BCUT2D eigenvalue weighted by molar-refractivity contribution is 5.01. The predicted octanol–water partition coefficient (Wildman–Crippen LogP) is 1.78. The van der Waals surface area contributed by atoms with Crippen LogP contribution in [0.25, 0.3) is 0 Å². The Kier molecular flexibility index (Phi) is 2.26. The molecule has 3 nitrogen and oxygen atoms in total. The first-order valence-corrected chi connectivity index (χ1v) is 4.79. The lowest BCUT2D eigenvalue weighted by atomic mass is 9.73.